The van der Waals surface area contributed by atoms with Crippen molar-refractivity contribution in [2.45, 2.75) is 26.3 Å². The molecular formula is C23H24N6OS. The molecule has 1 N–H and O–H groups in total. The van der Waals surface area contributed by atoms with Gasteiger partial charge >= 0.3 is 0 Å². The quantitative estimate of drug-likeness (QED) is 0.521. The van der Waals surface area contributed by atoms with Crippen molar-refractivity contribution in [3.05, 3.63) is 64.4 Å². The molecule has 8 heteroatoms. The number of hydrogen-bond acceptors (Lipinski definition) is 6. The second-order valence-electron chi connectivity index (χ2n) is 7.86. The Morgan fingerprint density at radius 2 is 1.94 bits per heavy atom. The lowest BCUT2D eigenvalue weighted by atomic mass is 9.96. The number of benzene rings is 1. The van der Waals surface area contributed by atoms with Gasteiger partial charge in [-0.15, -0.1) is 26.6 Å². The molecule has 1 aliphatic rings. The highest BCUT2D eigenvalue weighted by atomic mass is 32.1. The summed E-state index contributed by atoms with van der Waals surface area (Å²) < 4.78 is 1.82. The summed E-state index contributed by atoms with van der Waals surface area (Å²) in [7, 11) is 0. The van der Waals surface area contributed by atoms with Crippen LogP contribution < -0.4 is 10.2 Å². The van der Waals surface area contributed by atoms with Crippen LogP contribution in [-0.4, -0.2) is 38.8 Å². The minimum absolute atomic E-state index is 0.0531. The molecule has 1 aromatic carbocycles. The summed E-state index contributed by atoms with van der Waals surface area (Å²) in [6.45, 7) is 4.29. The zero-order valence-electron chi connectivity index (χ0n) is 17.4. The van der Waals surface area contributed by atoms with E-state index in [2.05, 4.69) is 33.4 Å². The SMILES string of the molecule is Cc1ccccc1-c1nnc2ccc(N3CCC(C(=O)NCc4cccs4)CC3)nn12. The maximum absolute atomic E-state index is 12.5. The summed E-state index contributed by atoms with van der Waals surface area (Å²) in [5.41, 5.74) is 2.89. The molecule has 3 aromatic heterocycles. The van der Waals surface area contributed by atoms with E-state index < -0.39 is 0 Å². The number of carbonyl (C=O) groups excluding carboxylic acids is 1. The van der Waals surface area contributed by atoms with Crippen molar-refractivity contribution in [3.8, 4) is 11.4 Å². The van der Waals surface area contributed by atoms with Gasteiger partial charge in [-0.25, -0.2) is 0 Å². The summed E-state index contributed by atoms with van der Waals surface area (Å²) in [6.07, 6.45) is 1.64. The second kappa shape index (κ2) is 8.47. The van der Waals surface area contributed by atoms with E-state index in [-0.39, 0.29) is 11.8 Å². The average Bonchev–Trinajstić information content (AvgIpc) is 3.47. The van der Waals surface area contributed by atoms with Crippen molar-refractivity contribution in [2.24, 2.45) is 5.92 Å². The molecule has 31 heavy (non-hydrogen) atoms. The van der Waals surface area contributed by atoms with Crippen LogP contribution in [0.4, 0.5) is 5.82 Å². The lowest BCUT2D eigenvalue weighted by Gasteiger charge is -2.32. The molecule has 0 saturated carbocycles. The first-order chi connectivity index (χ1) is 15.2. The van der Waals surface area contributed by atoms with Gasteiger partial charge in [0.2, 0.25) is 5.91 Å². The minimum atomic E-state index is 0.0531. The number of nitrogens with one attached hydrogen (secondary N) is 1. The zero-order chi connectivity index (χ0) is 21.2. The van der Waals surface area contributed by atoms with Gasteiger partial charge in [0.05, 0.1) is 6.54 Å². The fourth-order valence-electron chi connectivity index (χ4n) is 4.04. The maximum atomic E-state index is 12.5. The second-order valence-corrected chi connectivity index (χ2v) is 8.89. The van der Waals surface area contributed by atoms with Gasteiger partial charge in [-0.05, 0) is 48.9 Å². The minimum Gasteiger partial charge on any atom is -0.355 e. The highest BCUT2D eigenvalue weighted by Gasteiger charge is 2.26. The molecule has 1 fully saturated rings. The van der Waals surface area contributed by atoms with E-state index in [1.165, 1.54) is 4.88 Å². The molecule has 5 rings (SSSR count). The number of amides is 1. The summed E-state index contributed by atoms with van der Waals surface area (Å²) in [5.74, 6) is 1.84. The van der Waals surface area contributed by atoms with Crippen LogP contribution in [0, 0.1) is 12.8 Å². The van der Waals surface area contributed by atoms with Crippen molar-refractivity contribution in [1.29, 1.82) is 0 Å². The van der Waals surface area contributed by atoms with E-state index >= 15 is 0 Å². The van der Waals surface area contributed by atoms with Crippen molar-refractivity contribution in [1.82, 2.24) is 25.1 Å². The first-order valence-electron chi connectivity index (χ1n) is 10.5. The molecule has 158 valence electrons. The topological polar surface area (TPSA) is 75.4 Å². The van der Waals surface area contributed by atoms with Crippen LogP contribution in [0.25, 0.3) is 17.0 Å². The Hall–Kier alpha value is -3.26. The van der Waals surface area contributed by atoms with E-state index in [4.69, 9.17) is 5.10 Å². The van der Waals surface area contributed by atoms with Gasteiger partial charge in [0.25, 0.3) is 0 Å². The van der Waals surface area contributed by atoms with E-state index in [0.717, 1.165) is 54.3 Å². The van der Waals surface area contributed by atoms with Crippen molar-refractivity contribution in [3.63, 3.8) is 0 Å². The van der Waals surface area contributed by atoms with Crippen LogP contribution in [0.2, 0.25) is 0 Å². The van der Waals surface area contributed by atoms with Gasteiger partial charge in [0, 0.05) is 29.4 Å². The van der Waals surface area contributed by atoms with E-state index in [1.54, 1.807) is 11.3 Å². The Kier molecular flexibility index (Phi) is 5.38. The molecule has 4 aromatic rings. The fraction of sp³-hybridized carbons (Fsp3) is 0.304. The summed E-state index contributed by atoms with van der Waals surface area (Å²) in [6, 6.07) is 16.1. The highest BCUT2D eigenvalue weighted by molar-refractivity contribution is 7.09. The van der Waals surface area contributed by atoms with Gasteiger partial charge < -0.3 is 10.2 Å². The molecule has 0 aliphatic carbocycles. The molecule has 0 spiro atoms. The molecule has 0 radical (unpaired) electrons. The number of piperidine rings is 1. The fourth-order valence-corrected chi connectivity index (χ4v) is 4.69. The monoisotopic (exact) mass is 432 g/mol. The molecule has 1 aliphatic heterocycles. The third-order valence-corrected chi connectivity index (χ3v) is 6.72. The predicted octanol–water partition coefficient (Wildman–Crippen LogP) is 3.69. The van der Waals surface area contributed by atoms with Crippen LogP contribution in [-0.2, 0) is 11.3 Å². The third kappa shape index (κ3) is 4.03. The Morgan fingerprint density at radius 3 is 2.71 bits per heavy atom. The molecule has 7 nitrogen and oxygen atoms in total. The number of rotatable bonds is 5. The number of nitrogens with zero attached hydrogens (tertiary/aromatic N) is 5. The summed E-state index contributed by atoms with van der Waals surface area (Å²) in [5, 5.41) is 18.6. The number of carbonyl (C=O) groups is 1. The van der Waals surface area contributed by atoms with Gasteiger partial charge in [-0.2, -0.15) is 4.52 Å². The first-order valence-corrected chi connectivity index (χ1v) is 11.4. The number of aromatic nitrogens is 4. The molecule has 4 heterocycles. The lowest BCUT2D eigenvalue weighted by Crippen LogP contribution is -2.40. The first kappa shape index (κ1) is 19.7. The van der Waals surface area contributed by atoms with E-state index in [1.807, 2.05) is 52.4 Å². The predicted molar refractivity (Wildman–Crippen MR) is 122 cm³/mol. The number of hydrogen-bond donors (Lipinski definition) is 1. The van der Waals surface area contributed by atoms with Gasteiger partial charge in [0.1, 0.15) is 5.82 Å². The number of fused-ring (bicyclic) bond motifs is 1. The Bertz CT molecular complexity index is 1190. The highest BCUT2D eigenvalue weighted by Crippen LogP contribution is 2.25. The van der Waals surface area contributed by atoms with E-state index in [0.29, 0.717) is 6.54 Å². The van der Waals surface area contributed by atoms with Crippen LogP contribution in [0.5, 0.6) is 0 Å². The molecular weight excluding hydrogens is 408 g/mol. The molecule has 1 saturated heterocycles. The Labute approximate surface area is 184 Å². The lowest BCUT2D eigenvalue weighted by molar-refractivity contribution is -0.125. The van der Waals surface area contributed by atoms with Crippen LogP contribution in [0.3, 0.4) is 0 Å². The van der Waals surface area contributed by atoms with Crippen molar-refractivity contribution >= 4 is 28.7 Å². The van der Waals surface area contributed by atoms with Gasteiger partial charge in [-0.3, -0.25) is 4.79 Å². The Balaban J connectivity index is 1.28. The third-order valence-electron chi connectivity index (χ3n) is 5.84. The normalized spacial score (nSPS) is 14.8. The number of thiophene rings is 1. The Morgan fingerprint density at radius 1 is 1.10 bits per heavy atom. The molecule has 0 unspecified atom stereocenters. The summed E-state index contributed by atoms with van der Waals surface area (Å²) in [4.78, 5) is 16.0. The average molecular weight is 433 g/mol. The van der Waals surface area contributed by atoms with Crippen LogP contribution in [0.15, 0.2) is 53.9 Å². The van der Waals surface area contributed by atoms with E-state index in [9.17, 15) is 4.79 Å². The standard InChI is InChI=1S/C23H24N6OS/c1-16-5-2-3-7-19(16)22-26-25-20-8-9-21(27-29(20)22)28-12-10-17(11-13-28)23(30)24-15-18-6-4-14-31-18/h2-9,14,17H,10-13,15H2,1H3,(H,24,30). The van der Waals surface area contributed by atoms with Crippen LogP contribution >= 0.6 is 11.3 Å². The van der Waals surface area contributed by atoms with Crippen LogP contribution in [0.1, 0.15) is 23.3 Å². The molecule has 0 atom stereocenters. The molecule has 0 bridgehead atoms. The summed E-state index contributed by atoms with van der Waals surface area (Å²) >= 11 is 1.67. The zero-order valence-corrected chi connectivity index (χ0v) is 18.2. The van der Waals surface area contributed by atoms with Gasteiger partial charge in [0.15, 0.2) is 11.5 Å². The van der Waals surface area contributed by atoms with Gasteiger partial charge in [-0.1, -0.05) is 30.3 Å². The number of anilines is 1. The van der Waals surface area contributed by atoms with Crippen molar-refractivity contribution < 1.29 is 4.79 Å². The van der Waals surface area contributed by atoms with Crippen molar-refractivity contribution in [2.75, 3.05) is 18.0 Å². The largest absolute Gasteiger partial charge is 0.355 e. The number of aryl methyl sites for hydroxylation is 1. The smallest absolute Gasteiger partial charge is 0.223 e. The maximum Gasteiger partial charge on any atom is 0.223 e. The molecule has 1 amide bonds.